The first-order chi connectivity index (χ1) is 9.34. The molecule has 20 heavy (non-hydrogen) atoms. The van der Waals surface area contributed by atoms with Gasteiger partial charge in [0, 0.05) is 14.1 Å². The Kier molecular flexibility index (Phi) is 4.41. The van der Waals surface area contributed by atoms with Crippen molar-refractivity contribution in [2.24, 2.45) is 0 Å². The van der Waals surface area contributed by atoms with Crippen molar-refractivity contribution in [1.82, 2.24) is 14.9 Å². The van der Waals surface area contributed by atoms with E-state index >= 15 is 0 Å². The van der Waals surface area contributed by atoms with E-state index in [4.69, 9.17) is 11.6 Å². The van der Waals surface area contributed by atoms with Crippen LogP contribution in [-0.2, 0) is 0 Å². The van der Waals surface area contributed by atoms with Crippen LogP contribution in [-0.4, -0.2) is 34.9 Å². The summed E-state index contributed by atoms with van der Waals surface area (Å²) >= 11 is 10.2. The molecule has 0 aliphatic rings. The second kappa shape index (κ2) is 5.75. The first kappa shape index (κ1) is 15.3. The van der Waals surface area contributed by atoms with Gasteiger partial charge in [-0.2, -0.15) is 4.39 Å². The molecule has 0 saturated carbocycles. The number of carbonyl (C=O) groups excluding carboxylic acids is 1. The topological polar surface area (TPSA) is 46.1 Å². The minimum Gasteiger partial charge on any atom is -0.344 e. The van der Waals surface area contributed by atoms with E-state index in [-0.39, 0.29) is 21.4 Å². The van der Waals surface area contributed by atoms with Gasteiger partial charge >= 0.3 is 0 Å². The Labute approximate surface area is 132 Å². The molecule has 2 aromatic heterocycles. The summed E-state index contributed by atoms with van der Waals surface area (Å²) in [4.78, 5) is 21.5. The molecular formula is C12H10BrClFN3OS. The molecule has 0 unspecified atom stereocenters. The van der Waals surface area contributed by atoms with Gasteiger partial charge < -0.3 is 4.90 Å². The van der Waals surface area contributed by atoms with Gasteiger partial charge in [0.1, 0.15) is 11.2 Å². The molecule has 0 spiro atoms. The fourth-order valence-electron chi connectivity index (χ4n) is 1.56. The Morgan fingerprint density at radius 3 is 2.70 bits per heavy atom. The molecule has 0 saturated heterocycles. The normalized spacial score (nSPS) is 10.7. The molecule has 4 nitrogen and oxygen atoms in total. The van der Waals surface area contributed by atoms with Crippen molar-refractivity contribution in [3.63, 3.8) is 0 Å². The maximum Gasteiger partial charge on any atom is 0.265 e. The third-order valence-electron chi connectivity index (χ3n) is 2.61. The molecule has 2 heterocycles. The zero-order chi connectivity index (χ0) is 15.0. The van der Waals surface area contributed by atoms with Gasteiger partial charge in [0.05, 0.1) is 26.4 Å². The Balaban J connectivity index is 2.65. The van der Waals surface area contributed by atoms with Crippen LogP contribution in [0.25, 0.3) is 11.3 Å². The molecule has 1 amide bonds. The van der Waals surface area contributed by atoms with Crippen molar-refractivity contribution in [1.29, 1.82) is 0 Å². The lowest BCUT2D eigenvalue weighted by molar-refractivity contribution is 0.0832. The van der Waals surface area contributed by atoms with Gasteiger partial charge in [-0.1, -0.05) is 22.9 Å². The van der Waals surface area contributed by atoms with E-state index in [1.165, 1.54) is 11.2 Å². The van der Waals surface area contributed by atoms with Gasteiger partial charge in [-0.15, -0.1) is 0 Å². The monoisotopic (exact) mass is 377 g/mol. The van der Waals surface area contributed by atoms with Crippen molar-refractivity contribution in [2.45, 2.75) is 6.92 Å². The molecule has 0 bridgehead atoms. The predicted molar refractivity (Wildman–Crippen MR) is 80.8 cm³/mol. The lowest BCUT2D eigenvalue weighted by Gasteiger charge is -2.08. The van der Waals surface area contributed by atoms with Crippen molar-refractivity contribution in [3.05, 3.63) is 31.5 Å². The van der Waals surface area contributed by atoms with E-state index in [0.29, 0.717) is 27.2 Å². The van der Waals surface area contributed by atoms with Crippen LogP contribution in [0.15, 0.2) is 10.8 Å². The first-order valence-electron chi connectivity index (χ1n) is 5.51. The SMILES string of the molecule is Cc1ncnc(-c2c(F)sc(C(=O)N(C)C)c2Cl)c1Br. The fourth-order valence-corrected chi connectivity index (χ4v) is 3.32. The van der Waals surface area contributed by atoms with Crippen LogP contribution < -0.4 is 0 Å². The van der Waals surface area contributed by atoms with Crippen LogP contribution in [0.4, 0.5) is 4.39 Å². The van der Waals surface area contributed by atoms with Crippen LogP contribution in [0.1, 0.15) is 15.4 Å². The van der Waals surface area contributed by atoms with E-state index in [9.17, 15) is 9.18 Å². The molecule has 2 aromatic rings. The molecule has 0 radical (unpaired) electrons. The number of rotatable bonds is 2. The minimum atomic E-state index is -0.543. The predicted octanol–water partition coefficient (Wildman–Crippen LogP) is 3.77. The van der Waals surface area contributed by atoms with Crippen molar-refractivity contribution >= 4 is 44.8 Å². The summed E-state index contributed by atoms with van der Waals surface area (Å²) in [5, 5.41) is -0.469. The van der Waals surface area contributed by atoms with Gasteiger partial charge in [0.15, 0.2) is 5.13 Å². The highest BCUT2D eigenvalue weighted by atomic mass is 79.9. The van der Waals surface area contributed by atoms with Crippen molar-refractivity contribution in [3.8, 4) is 11.3 Å². The second-order valence-corrected chi connectivity index (χ2v) is 6.36. The summed E-state index contributed by atoms with van der Waals surface area (Å²) in [6, 6.07) is 0. The third-order valence-corrected chi connectivity index (χ3v) is 5.01. The van der Waals surface area contributed by atoms with Gasteiger partial charge in [-0.05, 0) is 22.9 Å². The second-order valence-electron chi connectivity index (χ2n) is 4.22. The van der Waals surface area contributed by atoms with Gasteiger partial charge in [0.25, 0.3) is 5.91 Å². The van der Waals surface area contributed by atoms with E-state index in [1.807, 2.05) is 0 Å². The van der Waals surface area contributed by atoms with Gasteiger partial charge in [-0.3, -0.25) is 4.79 Å². The molecule has 106 valence electrons. The Morgan fingerprint density at radius 2 is 2.10 bits per heavy atom. The molecule has 0 aliphatic heterocycles. The zero-order valence-corrected chi connectivity index (χ0v) is 14.0. The maximum absolute atomic E-state index is 14.2. The number of thiophene rings is 1. The number of halogens is 3. The van der Waals surface area contributed by atoms with E-state index in [0.717, 1.165) is 0 Å². The molecule has 8 heteroatoms. The average molecular weight is 379 g/mol. The number of hydrogen-bond donors (Lipinski definition) is 0. The van der Waals surface area contributed by atoms with Gasteiger partial charge in [-0.25, -0.2) is 9.97 Å². The Hall–Kier alpha value is -1.05. The summed E-state index contributed by atoms with van der Waals surface area (Å²) in [6.07, 6.45) is 1.33. The molecule has 2 rings (SSSR count). The molecule has 0 fully saturated rings. The number of amides is 1. The van der Waals surface area contributed by atoms with Crippen LogP contribution in [0.2, 0.25) is 5.02 Å². The van der Waals surface area contributed by atoms with E-state index in [1.54, 1.807) is 21.0 Å². The number of aromatic nitrogens is 2. The third kappa shape index (κ3) is 2.57. The number of carbonyl (C=O) groups is 1. The maximum atomic E-state index is 14.2. The molecular weight excluding hydrogens is 369 g/mol. The van der Waals surface area contributed by atoms with Crippen LogP contribution in [0.3, 0.4) is 0 Å². The summed E-state index contributed by atoms with van der Waals surface area (Å²) in [7, 11) is 3.17. The van der Waals surface area contributed by atoms with Crippen molar-refractivity contribution < 1.29 is 9.18 Å². The molecule has 0 aromatic carbocycles. The highest BCUT2D eigenvalue weighted by Crippen LogP contribution is 2.41. The molecule has 0 N–H and O–H groups in total. The molecule has 0 aliphatic carbocycles. The summed E-state index contributed by atoms with van der Waals surface area (Å²) in [5.41, 5.74) is 1.13. The van der Waals surface area contributed by atoms with Crippen LogP contribution >= 0.6 is 38.9 Å². The average Bonchev–Trinajstić information content (AvgIpc) is 2.68. The van der Waals surface area contributed by atoms with Crippen molar-refractivity contribution in [2.75, 3.05) is 14.1 Å². The highest BCUT2D eigenvalue weighted by Gasteiger charge is 2.26. The number of hydrogen-bond acceptors (Lipinski definition) is 4. The summed E-state index contributed by atoms with van der Waals surface area (Å²) in [6.45, 7) is 1.76. The van der Waals surface area contributed by atoms with Gasteiger partial charge in [0.2, 0.25) is 0 Å². The quantitative estimate of drug-likeness (QED) is 0.799. The lowest BCUT2D eigenvalue weighted by atomic mass is 10.2. The van der Waals surface area contributed by atoms with Crippen LogP contribution in [0.5, 0.6) is 0 Å². The van der Waals surface area contributed by atoms with E-state index < -0.39 is 5.13 Å². The molecule has 0 atom stereocenters. The number of nitrogens with zero attached hydrogens (tertiary/aromatic N) is 3. The Morgan fingerprint density at radius 1 is 1.45 bits per heavy atom. The lowest BCUT2D eigenvalue weighted by Crippen LogP contribution is -2.20. The zero-order valence-electron chi connectivity index (χ0n) is 10.9. The first-order valence-corrected chi connectivity index (χ1v) is 7.50. The number of aryl methyl sites for hydroxylation is 1. The van der Waals surface area contributed by atoms with E-state index in [2.05, 4.69) is 25.9 Å². The largest absolute Gasteiger partial charge is 0.344 e. The minimum absolute atomic E-state index is 0.0741. The summed E-state index contributed by atoms with van der Waals surface area (Å²) in [5.74, 6) is -0.341. The Bertz CT molecular complexity index is 690. The highest BCUT2D eigenvalue weighted by molar-refractivity contribution is 9.10. The standard InChI is InChI=1S/C12H10BrClFN3OS/c1-5-7(13)9(17-4-16-5)6-8(14)10(20-11(6)15)12(19)18(2)3/h4H,1-3H3. The fraction of sp³-hybridized carbons (Fsp3) is 0.250. The smallest absolute Gasteiger partial charge is 0.265 e. The van der Waals surface area contributed by atoms with Crippen LogP contribution in [0, 0.1) is 12.1 Å². The summed E-state index contributed by atoms with van der Waals surface area (Å²) < 4.78 is 14.7.